The van der Waals surface area contributed by atoms with Gasteiger partial charge in [-0.15, -0.1) is 35.1 Å². The number of nitrogens with one attached hydrogen (secondary N) is 1. The molecule has 0 saturated carbocycles. The Labute approximate surface area is 182 Å². The summed E-state index contributed by atoms with van der Waals surface area (Å²) in [6.07, 6.45) is 2.74. The Morgan fingerprint density at radius 1 is 1.17 bits per heavy atom. The summed E-state index contributed by atoms with van der Waals surface area (Å²) < 4.78 is 2.80. The molecule has 5 rings (SSSR count). The van der Waals surface area contributed by atoms with Crippen LogP contribution in [0.25, 0.3) is 20.8 Å². The molecule has 0 spiro atoms. The molecule has 6 nitrogen and oxygen atoms in total. The van der Waals surface area contributed by atoms with Gasteiger partial charge in [0.25, 0.3) is 5.91 Å². The number of carbonyl (C=O) groups is 1. The first-order chi connectivity index (χ1) is 13.6. The van der Waals surface area contributed by atoms with Crippen molar-refractivity contribution in [1.82, 2.24) is 19.7 Å². The molecule has 29 heavy (non-hydrogen) atoms. The second kappa shape index (κ2) is 7.87. The third-order valence-electron chi connectivity index (χ3n) is 4.93. The summed E-state index contributed by atoms with van der Waals surface area (Å²) in [6.45, 7) is 1.91. The number of rotatable bonds is 3. The van der Waals surface area contributed by atoms with Gasteiger partial charge in [0.2, 0.25) is 0 Å². The first-order valence-electron chi connectivity index (χ1n) is 9.08. The van der Waals surface area contributed by atoms with Gasteiger partial charge in [0.15, 0.2) is 5.69 Å². The van der Waals surface area contributed by atoms with E-state index in [0.717, 1.165) is 45.3 Å². The molecule has 3 aromatic heterocycles. The lowest BCUT2D eigenvalue weighted by atomic mass is 10.0. The summed E-state index contributed by atoms with van der Waals surface area (Å²) in [5, 5.41) is 9.18. The number of thiophene rings is 1. The average molecular weight is 446 g/mol. The lowest BCUT2D eigenvalue weighted by Crippen LogP contribution is -2.25. The highest BCUT2D eigenvalue weighted by atomic mass is 35.5. The van der Waals surface area contributed by atoms with Crippen molar-refractivity contribution in [3.05, 3.63) is 52.7 Å². The molecule has 4 heterocycles. The zero-order chi connectivity index (χ0) is 19.3. The van der Waals surface area contributed by atoms with Gasteiger partial charge >= 0.3 is 0 Å². The number of anilines is 1. The topological polar surface area (TPSA) is 63.1 Å². The molecule has 1 amide bonds. The predicted octanol–water partition coefficient (Wildman–Crippen LogP) is 4.42. The maximum Gasteiger partial charge on any atom is 0.276 e. The summed E-state index contributed by atoms with van der Waals surface area (Å²) in [7, 11) is 3.94. The van der Waals surface area contributed by atoms with Crippen molar-refractivity contribution in [2.75, 3.05) is 18.9 Å². The summed E-state index contributed by atoms with van der Waals surface area (Å²) in [5.41, 5.74) is 3.82. The number of halogens is 1. The third kappa shape index (κ3) is 3.69. The molecule has 150 valence electrons. The van der Waals surface area contributed by atoms with Crippen molar-refractivity contribution in [1.29, 1.82) is 0 Å². The second-order valence-corrected chi connectivity index (χ2v) is 9.15. The van der Waals surface area contributed by atoms with E-state index in [9.17, 15) is 4.79 Å². The van der Waals surface area contributed by atoms with E-state index in [4.69, 9.17) is 4.98 Å². The van der Waals surface area contributed by atoms with Crippen LogP contribution in [0, 0.1) is 0 Å². The normalized spacial score (nSPS) is 13.9. The third-order valence-corrected chi connectivity index (χ3v) is 7.11. The Morgan fingerprint density at radius 2 is 2.00 bits per heavy atom. The second-order valence-electron chi connectivity index (χ2n) is 7.01. The number of hydrogen-bond acceptors (Lipinski definition) is 6. The first-order valence-corrected chi connectivity index (χ1v) is 10.7. The van der Waals surface area contributed by atoms with Crippen molar-refractivity contribution >= 4 is 56.2 Å². The minimum Gasteiger partial charge on any atom is -0.312 e. The largest absolute Gasteiger partial charge is 0.312 e. The Bertz CT molecular complexity index is 1160. The van der Waals surface area contributed by atoms with Gasteiger partial charge in [0.05, 0.1) is 10.2 Å². The summed E-state index contributed by atoms with van der Waals surface area (Å²) in [5.74, 6) is -0.185. The fraction of sp³-hybridized carbons (Fsp3) is 0.250. The van der Waals surface area contributed by atoms with E-state index in [0.29, 0.717) is 5.69 Å². The smallest absolute Gasteiger partial charge is 0.276 e. The number of hydrogen-bond donors (Lipinski definition) is 1. The number of nitrogens with zero attached hydrogens (tertiary/aromatic N) is 4. The maximum atomic E-state index is 12.8. The van der Waals surface area contributed by atoms with Crippen LogP contribution in [-0.4, -0.2) is 39.2 Å². The highest BCUT2D eigenvalue weighted by Gasteiger charge is 2.27. The van der Waals surface area contributed by atoms with E-state index in [2.05, 4.69) is 28.4 Å². The molecule has 0 fully saturated rings. The molecule has 0 unspecified atom stereocenters. The molecule has 4 aromatic rings. The molecule has 0 saturated heterocycles. The van der Waals surface area contributed by atoms with Crippen molar-refractivity contribution in [3.63, 3.8) is 0 Å². The number of likely N-dealkylation sites (N-methyl/N-ethyl adjacent to an activating group) is 1. The molecule has 1 aromatic carbocycles. The summed E-state index contributed by atoms with van der Waals surface area (Å²) in [4.78, 5) is 21.2. The lowest BCUT2D eigenvalue weighted by Gasteiger charge is -2.22. The molecule has 1 N–H and O–H groups in total. The van der Waals surface area contributed by atoms with Crippen LogP contribution in [0.3, 0.4) is 0 Å². The molecule has 9 heteroatoms. The molecular formula is C20H20ClN5OS2. The molecule has 0 radical (unpaired) electrons. The van der Waals surface area contributed by atoms with Crippen molar-refractivity contribution in [2.24, 2.45) is 7.05 Å². The van der Waals surface area contributed by atoms with Crippen LogP contribution in [0.2, 0.25) is 0 Å². The first kappa shape index (κ1) is 20.0. The van der Waals surface area contributed by atoms with Gasteiger partial charge < -0.3 is 10.2 Å². The lowest BCUT2D eigenvalue weighted by molar-refractivity contribution is 0.102. The number of aromatic nitrogens is 3. The Hall–Kier alpha value is -2.26. The summed E-state index contributed by atoms with van der Waals surface area (Å²) in [6, 6.07) is 9.90. The fourth-order valence-corrected chi connectivity index (χ4v) is 5.96. The highest BCUT2D eigenvalue weighted by molar-refractivity contribution is 7.22. The van der Waals surface area contributed by atoms with E-state index in [1.807, 2.05) is 25.2 Å². The fourth-order valence-electron chi connectivity index (χ4n) is 3.53. The van der Waals surface area contributed by atoms with Gasteiger partial charge in [-0.2, -0.15) is 5.10 Å². The minimum absolute atomic E-state index is 0. The van der Waals surface area contributed by atoms with Crippen molar-refractivity contribution in [2.45, 2.75) is 13.0 Å². The molecule has 0 bridgehead atoms. The molecule has 0 atom stereocenters. The number of carbonyl (C=O) groups excluding carboxylic acids is 1. The van der Waals surface area contributed by atoms with Crippen LogP contribution in [0.5, 0.6) is 0 Å². The highest BCUT2D eigenvalue weighted by Crippen LogP contribution is 2.45. The van der Waals surface area contributed by atoms with Crippen molar-refractivity contribution in [3.8, 4) is 10.6 Å². The maximum absolute atomic E-state index is 12.8. The van der Waals surface area contributed by atoms with Crippen LogP contribution in [0.4, 0.5) is 5.00 Å². The van der Waals surface area contributed by atoms with Crippen LogP contribution in [0.1, 0.15) is 20.9 Å². The number of amides is 1. The summed E-state index contributed by atoms with van der Waals surface area (Å²) >= 11 is 3.34. The van der Waals surface area contributed by atoms with E-state index < -0.39 is 0 Å². The van der Waals surface area contributed by atoms with Crippen LogP contribution >= 0.6 is 35.1 Å². The number of fused-ring (bicyclic) bond motifs is 2. The number of aryl methyl sites for hydroxylation is 1. The van der Waals surface area contributed by atoms with Gasteiger partial charge in [-0.25, -0.2) is 4.98 Å². The zero-order valence-electron chi connectivity index (χ0n) is 16.0. The molecular weight excluding hydrogens is 426 g/mol. The number of benzene rings is 1. The Morgan fingerprint density at radius 3 is 2.76 bits per heavy atom. The van der Waals surface area contributed by atoms with Gasteiger partial charge in [0, 0.05) is 36.8 Å². The predicted molar refractivity (Wildman–Crippen MR) is 121 cm³/mol. The van der Waals surface area contributed by atoms with E-state index in [-0.39, 0.29) is 18.3 Å². The number of thiazole rings is 1. The van der Waals surface area contributed by atoms with Gasteiger partial charge in [-0.05, 0) is 37.2 Å². The van der Waals surface area contributed by atoms with Crippen LogP contribution in [-0.2, 0) is 20.0 Å². The van der Waals surface area contributed by atoms with Gasteiger partial charge in [-0.1, -0.05) is 12.1 Å². The van der Waals surface area contributed by atoms with E-state index >= 15 is 0 Å². The molecule has 0 aliphatic carbocycles. The zero-order valence-corrected chi connectivity index (χ0v) is 18.5. The number of para-hydroxylation sites is 1. The van der Waals surface area contributed by atoms with E-state index in [1.165, 1.54) is 10.4 Å². The average Bonchev–Trinajstić information content (AvgIpc) is 3.36. The van der Waals surface area contributed by atoms with Gasteiger partial charge in [-0.3, -0.25) is 9.48 Å². The Balaban J connectivity index is 0.00000205. The molecule has 1 aliphatic heterocycles. The standard InChI is InChI=1S/C20H19N5OS2.ClH/c1-24-9-7-12-16(11-24)28-20(22-18(26)14-8-10-25(2)23-14)17(12)19-21-13-5-3-4-6-15(13)27-19;/h3-6,8,10H,7,9,11H2,1-2H3,(H,22,26);1H. The van der Waals surface area contributed by atoms with Gasteiger partial charge in [0.1, 0.15) is 10.0 Å². The van der Waals surface area contributed by atoms with Crippen LogP contribution < -0.4 is 5.32 Å². The Kier molecular flexibility index (Phi) is 5.44. The van der Waals surface area contributed by atoms with Crippen molar-refractivity contribution < 1.29 is 4.79 Å². The van der Waals surface area contributed by atoms with Crippen LogP contribution in [0.15, 0.2) is 36.5 Å². The molecule has 1 aliphatic rings. The monoisotopic (exact) mass is 445 g/mol. The minimum atomic E-state index is -0.185. The van der Waals surface area contributed by atoms with E-state index in [1.54, 1.807) is 39.6 Å². The SMILES string of the molecule is CN1CCc2c(sc(NC(=O)c3ccn(C)n3)c2-c2nc3ccccc3s2)C1.Cl. The quantitative estimate of drug-likeness (QED) is 0.507.